The number of likely N-dealkylation sites (tertiary alicyclic amines) is 1. The first-order chi connectivity index (χ1) is 25.4. The summed E-state index contributed by atoms with van der Waals surface area (Å²) in [6, 6.07) is 12.4. The lowest BCUT2D eigenvalue weighted by Crippen LogP contribution is -2.42. The Morgan fingerprint density at radius 2 is 1.75 bits per heavy atom. The van der Waals surface area contributed by atoms with Crippen LogP contribution >= 0.6 is 0 Å². The number of morpholine rings is 1. The number of anilines is 1. The largest absolute Gasteiger partial charge is 0.456 e. The molecule has 4 aliphatic rings. The molecule has 0 aliphatic carbocycles. The van der Waals surface area contributed by atoms with Gasteiger partial charge in [-0.2, -0.15) is 0 Å². The molecule has 12 nitrogen and oxygen atoms in total. The van der Waals surface area contributed by atoms with Crippen LogP contribution in [0.25, 0.3) is 38.5 Å². The zero-order valence-corrected chi connectivity index (χ0v) is 28.9. The van der Waals surface area contributed by atoms with Crippen molar-refractivity contribution in [1.82, 2.24) is 25.0 Å². The molecule has 2 aromatic heterocycles. The Labute approximate surface area is 299 Å². The SMILES string of the molecule is O=C(CCNCCN1CCCC1)N[C@@H]1CCN(c2c(F)cc3c(=O)c(C(=O)N4CCOCC4)cn4c3c2Oc2cc3c(cc2-4)oc2ccccc23)C1. The number of furan rings is 1. The quantitative estimate of drug-likeness (QED) is 0.211. The maximum Gasteiger partial charge on any atom is 0.259 e. The van der Waals surface area contributed by atoms with Gasteiger partial charge in [0.15, 0.2) is 17.3 Å². The third-order valence-corrected chi connectivity index (χ3v) is 10.8. The number of nitrogens with one attached hydrogen (secondary N) is 2. The van der Waals surface area contributed by atoms with E-state index in [9.17, 15) is 14.4 Å². The van der Waals surface area contributed by atoms with E-state index in [4.69, 9.17) is 13.9 Å². The summed E-state index contributed by atoms with van der Waals surface area (Å²) in [6.07, 6.45) is 5.06. The van der Waals surface area contributed by atoms with Crippen molar-refractivity contribution in [2.24, 2.45) is 0 Å². The first kappa shape index (κ1) is 32.9. The number of amides is 2. The standard InChI is InChI=1S/C39H41FN6O6/c40-29-19-27-35-38(36(29)45-13-8-24(22-45)42-34(47)7-9-41-10-14-43-11-3-4-12-43)52-33-20-26-25-5-1-2-6-31(25)51-32(26)21-30(33)46(35)23-28(37(27)48)39(49)44-15-17-50-18-16-44/h1-2,5-6,19-21,23-24,41H,3-4,7-18,22H2,(H,42,47)/t24-/m1/s1. The Balaban J connectivity index is 1.04. The predicted molar refractivity (Wildman–Crippen MR) is 195 cm³/mol. The summed E-state index contributed by atoms with van der Waals surface area (Å²) in [5.41, 5.74) is 1.86. The molecule has 2 N–H and O–H groups in total. The highest BCUT2D eigenvalue weighted by Crippen LogP contribution is 2.49. The number of rotatable bonds is 9. The summed E-state index contributed by atoms with van der Waals surface area (Å²) < 4.78 is 36.5. The van der Waals surface area contributed by atoms with Crippen LogP contribution in [0.15, 0.2) is 57.9 Å². The number of aromatic nitrogens is 1. The van der Waals surface area contributed by atoms with Crippen LogP contribution in [-0.4, -0.2) is 104 Å². The zero-order chi connectivity index (χ0) is 35.3. The van der Waals surface area contributed by atoms with E-state index in [0.717, 1.165) is 37.0 Å². The molecule has 4 aliphatic heterocycles. The number of benzene rings is 3. The normalized spacial score (nSPS) is 18.8. The molecule has 3 fully saturated rings. The number of fused-ring (bicyclic) bond motifs is 5. The maximum absolute atomic E-state index is 16.5. The lowest BCUT2D eigenvalue weighted by atomic mass is 10.0. The fourth-order valence-electron chi connectivity index (χ4n) is 8.16. The molecule has 52 heavy (non-hydrogen) atoms. The van der Waals surface area contributed by atoms with Crippen molar-refractivity contribution in [1.29, 1.82) is 0 Å². The summed E-state index contributed by atoms with van der Waals surface area (Å²) in [4.78, 5) is 46.6. The fourth-order valence-corrected chi connectivity index (χ4v) is 8.16. The summed E-state index contributed by atoms with van der Waals surface area (Å²) in [7, 11) is 0. The lowest BCUT2D eigenvalue weighted by molar-refractivity contribution is -0.121. The van der Waals surface area contributed by atoms with Crippen LogP contribution < -0.4 is 25.7 Å². The van der Waals surface area contributed by atoms with E-state index in [2.05, 4.69) is 15.5 Å². The molecule has 0 radical (unpaired) electrons. The van der Waals surface area contributed by atoms with Crippen LogP contribution in [-0.2, 0) is 9.53 Å². The Kier molecular flexibility index (Phi) is 8.56. The van der Waals surface area contributed by atoms with Crippen LogP contribution in [0, 0.1) is 5.82 Å². The van der Waals surface area contributed by atoms with E-state index < -0.39 is 17.2 Å². The number of carbonyl (C=O) groups is 2. The van der Waals surface area contributed by atoms with Gasteiger partial charge in [-0.05, 0) is 50.6 Å². The number of hydrogen-bond acceptors (Lipinski definition) is 9. The van der Waals surface area contributed by atoms with E-state index in [0.29, 0.717) is 86.9 Å². The minimum absolute atomic E-state index is 0.0475. The molecule has 3 aromatic carbocycles. The van der Waals surface area contributed by atoms with E-state index in [-0.39, 0.29) is 34.3 Å². The summed E-state index contributed by atoms with van der Waals surface area (Å²) in [5.74, 6) is -0.466. The molecule has 0 saturated carbocycles. The van der Waals surface area contributed by atoms with Crippen molar-refractivity contribution >= 4 is 50.3 Å². The topological polar surface area (TPSA) is 122 Å². The molecule has 6 heterocycles. The number of carbonyl (C=O) groups excluding carboxylic acids is 2. The second kappa shape index (κ2) is 13.5. The number of nitrogens with zero attached hydrogens (tertiary/aromatic N) is 4. The minimum Gasteiger partial charge on any atom is -0.456 e. The first-order valence-electron chi connectivity index (χ1n) is 18.3. The van der Waals surface area contributed by atoms with Crippen molar-refractivity contribution in [3.63, 3.8) is 0 Å². The molecule has 9 rings (SSSR count). The highest BCUT2D eigenvalue weighted by Gasteiger charge is 2.35. The second-order valence-electron chi connectivity index (χ2n) is 14.1. The van der Waals surface area contributed by atoms with Gasteiger partial charge in [-0.15, -0.1) is 0 Å². The average Bonchev–Trinajstić information content (AvgIpc) is 3.92. The molecule has 2 amide bonds. The molecule has 1 atom stereocenters. The molecular formula is C39H41FN6O6. The van der Waals surface area contributed by atoms with Crippen molar-refractivity contribution in [3.05, 3.63) is 70.3 Å². The van der Waals surface area contributed by atoms with Gasteiger partial charge in [0.25, 0.3) is 5.91 Å². The second-order valence-corrected chi connectivity index (χ2v) is 14.1. The Bertz CT molecular complexity index is 2270. The molecule has 0 spiro atoms. The Morgan fingerprint density at radius 1 is 0.923 bits per heavy atom. The van der Waals surface area contributed by atoms with Gasteiger partial charge in [-0.25, -0.2) is 4.39 Å². The van der Waals surface area contributed by atoms with Gasteiger partial charge in [0.1, 0.15) is 27.9 Å². The number of halogens is 1. The van der Waals surface area contributed by atoms with Gasteiger partial charge in [0.2, 0.25) is 11.3 Å². The molecule has 3 saturated heterocycles. The monoisotopic (exact) mass is 708 g/mol. The summed E-state index contributed by atoms with van der Waals surface area (Å²) in [6.45, 7) is 7.07. The predicted octanol–water partition coefficient (Wildman–Crippen LogP) is 4.38. The average molecular weight is 709 g/mol. The molecule has 270 valence electrons. The van der Waals surface area contributed by atoms with Crippen LogP contribution in [0.1, 0.15) is 36.0 Å². The van der Waals surface area contributed by atoms with Crippen molar-refractivity contribution < 1.29 is 27.9 Å². The smallest absolute Gasteiger partial charge is 0.259 e. The third-order valence-electron chi connectivity index (χ3n) is 10.8. The molecule has 0 unspecified atom stereocenters. The zero-order valence-electron chi connectivity index (χ0n) is 28.9. The van der Waals surface area contributed by atoms with E-state index in [1.807, 2.05) is 41.3 Å². The van der Waals surface area contributed by atoms with E-state index >= 15 is 4.39 Å². The third kappa shape index (κ3) is 5.86. The molecule has 0 bridgehead atoms. The highest BCUT2D eigenvalue weighted by atomic mass is 19.1. The van der Waals surface area contributed by atoms with E-state index in [1.54, 1.807) is 15.7 Å². The van der Waals surface area contributed by atoms with Gasteiger partial charge in [0, 0.05) is 81.3 Å². The van der Waals surface area contributed by atoms with Crippen molar-refractivity contribution in [2.75, 3.05) is 77.0 Å². The van der Waals surface area contributed by atoms with Crippen LogP contribution in [0.4, 0.5) is 10.1 Å². The lowest BCUT2D eigenvalue weighted by Gasteiger charge is -2.30. The number of pyridine rings is 1. The van der Waals surface area contributed by atoms with Crippen molar-refractivity contribution in [2.45, 2.75) is 31.7 Å². The number of para-hydroxylation sites is 1. The van der Waals surface area contributed by atoms with Crippen LogP contribution in [0.5, 0.6) is 11.5 Å². The summed E-state index contributed by atoms with van der Waals surface area (Å²) in [5, 5.41) is 8.28. The van der Waals surface area contributed by atoms with Gasteiger partial charge in [-0.3, -0.25) is 14.4 Å². The van der Waals surface area contributed by atoms with Gasteiger partial charge in [-0.1, -0.05) is 18.2 Å². The fraction of sp³-hybridized carbons (Fsp3) is 0.410. The number of ether oxygens (including phenoxy) is 2. The first-order valence-corrected chi connectivity index (χ1v) is 18.3. The summed E-state index contributed by atoms with van der Waals surface area (Å²) >= 11 is 0. The Hall–Kier alpha value is -4.98. The van der Waals surface area contributed by atoms with Gasteiger partial charge < -0.3 is 43.8 Å². The molecule has 13 heteroatoms. The van der Waals surface area contributed by atoms with Crippen LogP contribution in [0.3, 0.4) is 0 Å². The maximum atomic E-state index is 16.5. The van der Waals surface area contributed by atoms with Crippen LogP contribution in [0.2, 0.25) is 0 Å². The minimum atomic E-state index is -0.630. The van der Waals surface area contributed by atoms with Crippen molar-refractivity contribution in [3.8, 4) is 17.2 Å². The Morgan fingerprint density at radius 3 is 2.60 bits per heavy atom. The van der Waals surface area contributed by atoms with Gasteiger partial charge >= 0.3 is 0 Å². The number of hydrogen-bond donors (Lipinski definition) is 2. The van der Waals surface area contributed by atoms with Gasteiger partial charge in [0.05, 0.1) is 24.3 Å². The van der Waals surface area contributed by atoms with E-state index in [1.165, 1.54) is 18.9 Å². The molecular weight excluding hydrogens is 667 g/mol. The highest BCUT2D eigenvalue weighted by molar-refractivity contribution is 6.07. The molecule has 5 aromatic rings.